The summed E-state index contributed by atoms with van der Waals surface area (Å²) in [7, 11) is 0. The molecule has 0 saturated heterocycles. The summed E-state index contributed by atoms with van der Waals surface area (Å²) in [6.07, 6.45) is -8.92. The monoisotopic (exact) mass is 520 g/mol. The van der Waals surface area contributed by atoms with E-state index in [1.807, 2.05) is 0 Å². The van der Waals surface area contributed by atoms with E-state index in [0.717, 1.165) is 12.1 Å². The average Bonchev–Trinajstić information content (AvgIpc) is 2.78. The molecule has 0 atom stereocenters. The largest absolute Gasteiger partial charge is 0.573 e. The zero-order chi connectivity index (χ0) is 26.8. The Balaban J connectivity index is 2.14. The second-order valence-electron chi connectivity index (χ2n) is 7.20. The molecule has 0 saturated carbocycles. The van der Waals surface area contributed by atoms with Crippen LogP contribution in [-0.2, 0) is 4.79 Å². The first-order valence-corrected chi connectivity index (χ1v) is 10.4. The standard InChI is InChI=1S/C23H22F6N2O5/c24-22(25,26)10-13-35-17-8-4-16(5-9-17)20(33)31-19(21(34)30-11-1-12-32)14-15-2-6-18(7-3-15)36-23(27,28)29/h2-9,14,32H,1,10-13H2,(H,30,34)(H,31,33)/b19-14+. The third-order valence-electron chi connectivity index (χ3n) is 4.31. The minimum absolute atomic E-state index is 0.0566. The summed E-state index contributed by atoms with van der Waals surface area (Å²) in [5.41, 5.74) is 0.0830. The molecule has 3 N–H and O–H groups in total. The fraction of sp³-hybridized carbons (Fsp3) is 0.304. The molecule has 2 rings (SSSR count). The Hall–Kier alpha value is -3.74. The molecule has 0 bridgehead atoms. The second-order valence-corrected chi connectivity index (χ2v) is 7.20. The molecule has 0 aromatic heterocycles. The molecular weight excluding hydrogens is 498 g/mol. The van der Waals surface area contributed by atoms with Gasteiger partial charge in [0.25, 0.3) is 11.8 Å². The van der Waals surface area contributed by atoms with Gasteiger partial charge >= 0.3 is 12.5 Å². The van der Waals surface area contributed by atoms with Crippen LogP contribution < -0.4 is 20.1 Å². The van der Waals surface area contributed by atoms with Crippen molar-refractivity contribution >= 4 is 17.9 Å². The second kappa shape index (κ2) is 12.8. The minimum Gasteiger partial charge on any atom is -0.493 e. The highest BCUT2D eigenvalue weighted by Gasteiger charge is 2.31. The first-order valence-electron chi connectivity index (χ1n) is 10.4. The Morgan fingerprint density at radius 2 is 1.53 bits per heavy atom. The Labute approximate surface area is 201 Å². The van der Waals surface area contributed by atoms with Crippen LogP contribution in [0.15, 0.2) is 54.2 Å². The van der Waals surface area contributed by atoms with Gasteiger partial charge in [0.2, 0.25) is 0 Å². The van der Waals surface area contributed by atoms with Gasteiger partial charge in [0.15, 0.2) is 0 Å². The predicted molar refractivity (Wildman–Crippen MR) is 116 cm³/mol. The summed E-state index contributed by atoms with van der Waals surface area (Å²) < 4.78 is 82.4. The van der Waals surface area contributed by atoms with Gasteiger partial charge in [0.05, 0.1) is 13.0 Å². The van der Waals surface area contributed by atoms with Crippen molar-refractivity contribution in [2.75, 3.05) is 19.8 Å². The lowest BCUT2D eigenvalue weighted by molar-refractivity contribution is -0.274. The van der Waals surface area contributed by atoms with Crippen LogP contribution in [0.2, 0.25) is 0 Å². The zero-order valence-electron chi connectivity index (χ0n) is 18.6. The van der Waals surface area contributed by atoms with Gasteiger partial charge in [-0.1, -0.05) is 12.1 Å². The van der Waals surface area contributed by atoms with Crippen molar-refractivity contribution in [1.82, 2.24) is 10.6 Å². The van der Waals surface area contributed by atoms with Crippen molar-refractivity contribution in [3.05, 3.63) is 65.4 Å². The Bertz CT molecular complexity index is 1030. The molecule has 0 aliphatic carbocycles. The number of aliphatic hydroxyl groups is 1. The first kappa shape index (κ1) is 28.5. The number of hydrogen-bond donors (Lipinski definition) is 3. The van der Waals surface area contributed by atoms with Gasteiger partial charge in [-0.25, -0.2) is 0 Å². The van der Waals surface area contributed by atoms with Crippen molar-refractivity contribution in [1.29, 1.82) is 0 Å². The van der Waals surface area contributed by atoms with Crippen LogP contribution in [0.5, 0.6) is 11.5 Å². The molecule has 2 amide bonds. The van der Waals surface area contributed by atoms with E-state index >= 15 is 0 Å². The molecule has 0 radical (unpaired) electrons. The smallest absolute Gasteiger partial charge is 0.493 e. The van der Waals surface area contributed by atoms with Gasteiger partial charge in [0.1, 0.15) is 17.2 Å². The van der Waals surface area contributed by atoms with Crippen molar-refractivity contribution in [2.45, 2.75) is 25.4 Å². The molecule has 0 fully saturated rings. The highest BCUT2D eigenvalue weighted by molar-refractivity contribution is 6.05. The lowest BCUT2D eigenvalue weighted by Gasteiger charge is -2.12. The quantitative estimate of drug-likeness (QED) is 0.235. The highest BCUT2D eigenvalue weighted by atomic mass is 19.4. The van der Waals surface area contributed by atoms with Gasteiger partial charge in [-0.05, 0) is 54.5 Å². The molecule has 0 heterocycles. The fourth-order valence-electron chi connectivity index (χ4n) is 2.65. The summed E-state index contributed by atoms with van der Waals surface area (Å²) in [5, 5.41) is 13.7. The van der Waals surface area contributed by atoms with Crippen molar-refractivity contribution < 1.29 is 50.5 Å². The molecule has 2 aromatic carbocycles. The average molecular weight is 520 g/mol. The highest BCUT2D eigenvalue weighted by Crippen LogP contribution is 2.23. The number of halogens is 6. The van der Waals surface area contributed by atoms with Gasteiger partial charge in [-0.2, -0.15) is 13.2 Å². The van der Waals surface area contributed by atoms with E-state index in [2.05, 4.69) is 15.4 Å². The summed E-state index contributed by atoms with van der Waals surface area (Å²) >= 11 is 0. The number of alkyl halides is 6. The van der Waals surface area contributed by atoms with E-state index in [1.54, 1.807) is 0 Å². The van der Waals surface area contributed by atoms with E-state index in [9.17, 15) is 35.9 Å². The molecule has 0 unspecified atom stereocenters. The van der Waals surface area contributed by atoms with Crippen molar-refractivity contribution in [3.63, 3.8) is 0 Å². The maximum Gasteiger partial charge on any atom is 0.573 e. The van der Waals surface area contributed by atoms with Crippen LogP contribution in [0, 0.1) is 0 Å². The summed E-state index contributed by atoms with van der Waals surface area (Å²) in [6.45, 7) is -0.697. The zero-order valence-corrected chi connectivity index (χ0v) is 18.6. The molecular formula is C23H22F6N2O5. The number of carbonyl (C=O) groups excluding carboxylic acids is 2. The maximum absolute atomic E-state index is 12.6. The summed E-state index contributed by atoms with van der Waals surface area (Å²) in [4.78, 5) is 25.2. The van der Waals surface area contributed by atoms with Crippen molar-refractivity contribution in [2.24, 2.45) is 0 Å². The van der Waals surface area contributed by atoms with Crippen LogP contribution in [0.3, 0.4) is 0 Å². The molecule has 0 aliphatic heterocycles. The van der Waals surface area contributed by atoms with Gasteiger partial charge < -0.3 is 25.2 Å². The fourth-order valence-corrected chi connectivity index (χ4v) is 2.65. The van der Waals surface area contributed by atoms with Crippen molar-refractivity contribution in [3.8, 4) is 11.5 Å². The number of nitrogens with one attached hydrogen (secondary N) is 2. The molecule has 36 heavy (non-hydrogen) atoms. The first-order chi connectivity index (χ1) is 16.9. The third kappa shape index (κ3) is 10.7. The van der Waals surface area contributed by atoms with Crippen LogP contribution in [0.1, 0.15) is 28.8 Å². The topological polar surface area (TPSA) is 96.9 Å². The van der Waals surface area contributed by atoms with Crippen LogP contribution in [-0.4, -0.2) is 49.2 Å². The lowest BCUT2D eigenvalue weighted by Crippen LogP contribution is -2.35. The van der Waals surface area contributed by atoms with Gasteiger partial charge in [0, 0.05) is 18.7 Å². The maximum atomic E-state index is 12.6. The minimum atomic E-state index is -4.87. The van der Waals surface area contributed by atoms with Crippen LogP contribution in [0.4, 0.5) is 26.3 Å². The normalized spacial score (nSPS) is 12.1. The summed E-state index contributed by atoms with van der Waals surface area (Å²) in [5.74, 6) is -1.83. The van der Waals surface area contributed by atoms with Crippen LogP contribution in [0.25, 0.3) is 6.08 Å². The molecule has 0 spiro atoms. The third-order valence-corrected chi connectivity index (χ3v) is 4.31. The van der Waals surface area contributed by atoms with E-state index in [4.69, 9.17) is 9.84 Å². The SMILES string of the molecule is O=C(NCCCO)/C(=C\c1ccc(OC(F)(F)F)cc1)NC(=O)c1ccc(OCCC(F)(F)F)cc1. The van der Waals surface area contributed by atoms with E-state index < -0.39 is 43.1 Å². The Kier molecular flexibility index (Phi) is 10.1. The molecule has 0 aliphatic rings. The number of rotatable bonds is 11. The molecule has 2 aromatic rings. The molecule has 7 nitrogen and oxygen atoms in total. The van der Waals surface area contributed by atoms with Gasteiger partial charge in [-0.15, -0.1) is 13.2 Å². The number of amides is 2. The number of hydrogen-bond acceptors (Lipinski definition) is 5. The van der Waals surface area contributed by atoms with Crippen LogP contribution >= 0.6 is 0 Å². The lowest BCUT2D eigenvalue weighted by atomic mass is 10.1. The molecule has 13 heteroatoms. The number of carbonyl (C=O) groups is 2. The van der Waals surface area contributed by atoms with E-state index in [1.165, 1.54) is 42.5 Å². The number of benzene rings is 2. The number of ether oxygens (including phenoxy) is 2. The van der Waals surface area contributed by atoms with Gasteiger partial charge in [-0.3, -0.25) is 9.59 Å². The van der Waals surface area contributed by atoms with E-state index in [-0.39, 0.29) is 42.1 Å². The Morgan fingerprint density at radius 3 is 2.08 bits per heavy atom. The van der Waals surface area contributed by atoms with E-state index in [0.29, 0.717) is 0 Å². The molecule has 196 valence electrons. The number of aliphatic hydroxyl groups excluding tert-OH is 1. The predicted octanol–water partition coefficient (Wildman–Crippen LogP) is 4.19. The summed E-state index contributed by atoms with van der Waals surface area (Å²) in [6, 6.07) is 9.67. The Morgan fingerprint density at radius 1 is 0.917 bits per heavy atom.